The minimum Gasteiger partial charge on any atom is -0.354 e. The second kappa shape index (κ2) is 7.71. The van der Waals surface area contributed by atoms with Crippen molar-refractivity contribution in [3.05, 3.63) is 66.0 Å². The average molecular weight is 297 g/mol. The van der Waals surface area contributed by atoms with Crippen LogP contribution in [0.15, 0.2) is 54.7 Å². The minimum absolute atomic E-state index is 0.00906. The Hall–Kier alpha value is -2.20. The molecule has 1 amide bonds. The van der Waals surface area contributed by atoms with E-state index in [1.807, 2.05) is 62.5 Å². The van der Waals surface area contributed by atoms with Crippen molar-refractivity contribution in [2.45, 2.75) is 25.3 Å². The molecule has 0 aliphatic carbocycles. The number of hydrogen-bond donors (Lipinski definition) is 2. The molecule has 1 aromatic carbocycles. The standard InChI is InChI=1S/C18H23N3O/c1-18(19-2,14-15-8-4-3-5-9-15)17(22)21-13-11-16-10-6-7-12-20-16/h3-10,12,19H,11,13-14H2,1-2H3,(H,21,22). The summed E-state index contributed by atoms with van der Waals surface area (Å²) in [5.41, 5.74) is 1.50. The van der Waals surface area contributed by atoms with E-state index in [2.05, 4.69) is 15.6 Å². The van der Waals surface area contributed by atoms with E-state index in [0.717, 1.165) is 17.7 Å². The lowest BCUT2D eigenvalue weighted by Crippen LogP contribution is -2.55. The van der Waals surface area contributed by atoms with Crippen molar-refractivity contribution < 1.29 is 4.79 Å². The molecule has 116 valence electrons. The number of likely N-dealkylation sites (N-methyl/N-ethyl adjacent to an activating group) is 1. The molecule has 1 aromatic heterocycles. The maximum absolute atomic E-state index is 12.5. The summed E-state index contributed by atoms with van der Waals surface area (Å²) in [4.78, 5) is 16.8. The topological polar surface area (TPSA) is 54.0 Å². The fourth-order valence-electron chi connectivity index (χ4n) is 2.33. The number of hydrogen-bond acceptors (Lipinski definition) is 3. The van der Waals surface area contributed by atoms with Crippen LogP contribution in [0.2, 0.25) is 0 Å². The van der Waals surface area contributed by atoms with Crippen molar-refractivity contribution in [3.63, 3.8) is 0 Å². The van der Waals surface area contributed by atoms with Gasteiger partial charge < -0.3 is 10.6 Å². The van der Waals surface area contributed by atoms with Crippen molar-refractivity contribution in [1.29, 1.82) is 0 Å². The maximum atomic E-state index is 12.5. The Morgan fingerprint density at radius 3 is 2.50 bits per heavy atom. The lowest BCUT2D eigenvalue weighted by Gasteiger charge is -2.28. The minimum atomic E-state index is -0.620. The first-order valence-electron chi connectivity index (χ1n) is 7.55. The van der Waals surface area contributed by atoms with Gasteiger partial charge in [0.2, 0.25) is 5.91 Å². The van der Waals surface area contributed by atoms with E-state index in [1.165, 1.54) is 0 Å². The van der Waals surface area contributed by atoms with Crippen LogP contribution in [-0.4, -0.2) is 30.0 Å². The summed E-state index contributed by atoms with van der Waals surface area (Å²) in [6.07, 6.45) is 3.15. The Kier molecular flexibility index (Phi) is 5.67. The highest BCUT2D eigenvalue weighted by molar-refractivity contribution is 5.86. The van der Waals surface area contributed by atoms with Crippen LogP contribution in [0.3, 0.4) is 0 Å². The molecule has 1 atom stereocenters. The molecular formula is C18H23N3O. The molecule has 1 unspecified atom stereocenters. The Bertz CT molecular complexity index is 586. The van der Waals surface area contributed by atoms with Gasteiger partial charge in [0.15, 0.2) is 0 Å². The Balaban J connectivity index is 1.90. The summed E-state index contributed by atoms with van der Waals surface area (Å²) in [5.74, 6) is 0.00906. The summed E-state index contributed by atoms with van der Waals surface area (Å²) in [7, 11) is 1.82. The molecule has 0 radical (unpaired) electrons. The molecule has 1 heterocycles. The van der Waals surface area contributed by atoms with Crippen molar-refractivity contribution in [2.24, 2.45) is 0 Å². The molecule has 4 nitrogen and oxygen atoms in total. The second-order valence-corrected chi connectivity index (χ2v) is 5.57. The van der Waals surface area contributed by atoms with Gasteiger partial charge in [0.1, 0.15) is 0 Å². The molecule has 2 N–H and O–H groups in total. The van der Waals surface area contributed by atoms with E-state index in [1.54, 1.807) is 6.20 Å². The van der Waals surface area contributed by atoms with E-state index in [-0.39, 0.29) is 5.91 Å². The second-order valence-electron chi connectivity index (χ2n) is 5.57. The van der Waals surface area contributed by atoms with Crippen LogP contribution in [-0.2, 0) is 17.6 Å². The molecule has 0 saturated carbocycles. The highest BCUT2D eigenvalue weighted by atomic mass is 16.2. The van der Waals surface area contributed by atoms with Gasteiger partial charge in [-0.3, -0.25) is 9.78 Å². The number of amides is 1. The van der Waals surface area contributed by atoms with Gasteiger partial charge >= 0.3 is 0 Å². The van der Waals surface area contributed by atoms with Crippen LogP contribution in [0.1, 0.15) is 18.2 Å². The number of pyridine rings is 1. The molecule has 22 heavy (non-hydrogen) atoms. The van der Waals surface area contributed by atoms with Gasteiger partial charge in [-0.05, 0) is 38.1 Å². The first-order chi connectivity index (χ1) is 10.6. The molecule has 0 aliphatic rings. The predicted molar refractivity (Wildman–Crippen MR) is 88.6 cm³/mol. The molecule has 0 fully saturated rings. The van der Waals surface area contributed by atoms with E-state index in [4.69, 9.17) is 0 Å². The van der Waals surface area contributed by atoms with Gasteiger partial charge in [-0.25, -0.2) is 0 Å². The smallest absolute Gasteiger partial charge is 0.240 e. The van der Waals surface area contributed by atoms with E-state index in [0.29, 0.717) is 13.0 Å². The third-order valence-electron chi connectivity index (χ3n) is 3.85. The Labute approximate surface area is 132 Å². The number of aromatic nitrogens is 1. The summed E-state index contributed by atoms with van der Waals surface area (Å²) in [6, 6.07) is 15.8. The van der Waals surface area contributed by atoms with Crippen molar-refractivity contribution in [1.82, 2.24) is 15.6 Å². The zero-order valence-electron chi connectivity index (χ0n) is 13.2. The summed E-state index contributed by atoms with van der Waals surface area (Å²) in [6.45, 7) is 2.51. The maximum Gasteiger partial charge on any atom is 0.240 e. The van der Waals surface area contributed by atoms with Gasteiger partial charge in [-0.2, -0.15) is 0 Å². The van der Waals surface area contributed by atoms with E-state index in [9.17, 15) is 4.79 Å². The molecule has 0 spiro atoms. The van der Waals surface area contributed by atoms with Crippen LogP contribution in [0.25, 0.3) is 0 Å². The molecule has 0 aliphatic heterocycles. The average Bonchev–Trinajstić information content (AvgIpc) is 2.56. The fourth-order valence-corrected chi connectivity index (χ4v) is 2.33. The van der Waals surface area contributed by atoms with Gasteiger partial charge in [0, 0.05) is 24.9 Å². The van der Waals surface area contributed by atoms with Crippen LogP contribution < -0.4 is 10.6 Å². The normalized spacial score (nSPS) is 13.4. The monoisotopic (exact) mass is 297 g/mol. The van der Waals surface area contributed by atoms with Gasteiger partial charge in [0.05, 0.1) is 5.54 Å². The quantitative estimate of drug-likeness (QED) is 0.821. The Morgan fingerprint density at radius 2 is 1.86 bits per heavy atom. The summed E-state index contributed by atoms with van der Waals surface area (Å²) in [5, 5.41) is 6.15. The van der Waals surface area contributed by atoms with Gasteiger partial charge in [-0.1, -0.05) is 36.4 Å². The number of carbonyl (C=O) groups excluding carboxylic acids is 1. The predicted octanol–water partition coefficient (Wildman–Crippen LogP) is 1.96. The van der Waals surface area contributed by atoms with Crippen LogP contribution in [0.4, 0.5) is 0 Å². The van der Waals surface area contributed by atoms with Gasteiger partial charge in [-0.15, -0.1) is 0 Å². The number of nitrogens with zero attached hydrogens (tertiary/aromatic N) is 1. The third-order valence-corrected chi connectivity index (χ3v) is 3.85. The lowest BCUT2D eigenvalue weighted by atomic mass is 9.92. The van der Waals surface area contributed by atoms with Crippen molar-refractivity contribution >= 4 is 5.91 Å². The SMILES string of the molecule is CNC(C)(Cc1ccccc1)C(=O)NCCc1ccccn1. The Morgan fingerprint density at radius 1 is 1.14 bits per heavy atom. The highest BCUT2D eigenvalue weighted by Gasteiger charge is 2.31. The van der Waals surface area contributed by atoms with E-state index >= 15 is 0 Å². The first-order valence-corrected chi connectivity index (χ1v) is 7.55. The first kappa shape index (κ1) is 16.2. The number of benzene rings is 1. The largest absolute Gasteiger partial charge is 0.354 e. The number of carbonyl (C=O) groups is 1. The van der Waals surface area contributed by atoms with E-state index < -0.39 is 5.54 Å². The summed E-state index contributed by atoms with van der Waals surface area (Å²) >= 11 is 0. The number of nitrogens with one attached hydrogen (secondary N) is 2. The van der Waals surface area contributed by atoms with Gasteiger partial charge in [0.25, 0.3) is 0 Å². The highest BCUT2D eigenvalue weighted by Crippen LogP contribution is 2.13. The fraction of sp³-hybridized carbons (Fsp3) is 0.333. The summed E-state index contributed by atoms with van der Waals surface area (Å²) < 4.78 is 0. The molecule has 4 heteroatoms. The molecule has 2 aromatic rings. The van der Waals surface area contributed by atoms with Crippen LogP contribution in [0, 0.1) is 0 Å². The molecule has 2 rings (SSSR count). The van der Waals surface area contributed by atoms with Crippen molar-refractivity contribution in [2.75, 3.05) is 13.6 Å². The third kappa shape index (κ3) is 4.40. The molecule has 0 bridgehead atoms. The van der Waals surface area contributed by atoms with Crippen LogP contribution >= 0.6 is 0 Å². The van der Waals surface area contributed by atoms with Crippen LogP contribution in [0.5, 0.6) is 0 Å². The van der Waals surface area contributed by atoms with Crippen molar-refractivity contribution in [3.8, 4) is 0 Å². The molecular weight excluding hydrogens is 274 g/mol. The zero-order chi connectivity index (χ0) is 15.8. The lowest BCUT2D eigenvalue weighted by molar-refractivity contribution is -0.126. The number of rotatable bonds is 7. The zero-order valence-corrected chi connectivity index (χ0v) is 13.2. The molecule has 0 saturated heterocycles.